The third-order valence-electron chi connectivity index (χ3n) is 4.57. The molecule has 2 amide bonds. The molecule has 1 saturated heterocycles. The molecule has 0 aromatic heterocycles. The molecule has 9 heteroatoms. The zero-order valence-corrected chi connectivity index (χ0v) is 16.8. The monoisotopic (exact) mass is 412 g/mol. The molecule has 0 spiro atoms. The van der Waals surface area contributed by atoms with Gasteiger partial charge in [-0.1, -0.05) is 18.5 Å². The maximum absolute atomic E-state index is 12.4. The molecule has 8 nitrogen and oxygen atoms in total. The summed E-state index contributed by atoms with van der Waals surface area (Å²) in [7, 11) is 1.36. The molecular formula is C19H25ClN2O6. The number of carbonyl (C=O) groups is 3. The zero-order chi connectivity index (χ0) is 20.7. The maximum atomic E-state index is 12.4. The molecule has 0 aliphatic carbocycles. The lowest BCUT2D eigenvalue weighted by molar-refractivity contribution is -0.138. The highest BCUT2D eigenvalue weighted by Gasteiger charge is 2.26. The second-order valence-corrected chi connectivity index (χ2v) is 6.87. The molecule has 2 rings (SSSR count). The molecule has 0 bridgehead atoms. The Hall–Kier alpha value is -2.48. The Morgan fingerprint density at radius 1 is 1.25 bits per heavy atom. The van der Waals surface area contributed by atoms with Crippen molar-refractivity contribution in [1.82, 2.24) is 4.90 Å². The van der Waals surface area contributed by atoms with Gasteiger partial charge in [-0.2, -0.15) is 0 Å². The second-order valence-electron chi connectivity index (χ2n) is 6.47. The van der Waals surface area contributed by atoms with Gasteiger partial charge in [0, 0.05) is 12.6 Å². The Morgan fingerprint density at radius 3 is 2.64 bits per heavy atom. The van der Waals surface area contributed by atoms with Gasteiger partial charge in [-0.25, -0.2) is 4.79 Å². The summed E-state index contributed by atoms with van der Waals surface area (Å²) < 4.78 is 15.5. The zero-order valence-electron chi connectivity index (χ0n) is 16.0. The van der Waals surface area contributed by atoms with Crippen LogP contribution in [0, 0.1) is 0 Å². The van der Waals surface area contributed by atoms with Crippen molar-refractivity contribution in [2.75, 3.05) is 26.9 Å². The third kappa shape index (κ3) is 5.51. The summed E-state index contributed by atoms with van der Waals surface area (Å²) in [4.78, 5) is 37.5. The van der Waals surface area contributed by atoms with E-state index in [0.29, 0.717) is 6.54 Å². The van der Waals surface area contributed by atoms with E-state index < -0.39 is 11.9 Å². The number of nitrogens with two attached hydrogens (primary N) is 1. The van der Waals surface area contributed by atoms with E-state index in [-0.39, 0.29) is 47.2 Å². The number of nitrogens with zero attached hydrogens (tertiary/aromatic N) is 1. The van der Waals surface area contributed by atoms with Crippen LogP contribution >= 0.6 is 11.6 Å². The average molecular weight is 413 g/mol. The second kappa shape index (κ2) is 10.2. The quantitative estimate of drug-likeness (QED) is 0.655. The highest BCUT2D eigenvalue weighted by molar-refractivity contribution is 6.32. The first-order chi connectivity index (χ1) is 13.4. The molecule has 1 heterocycles. The number of methoxy groups -OCH3 is 1. The van der Waals surface area contributed by atoms with Gasteiger partial charge in [0.05, 0.1) is 17.7 Å². The van der Waals surface area contributed by atoms with Crippen LogP contribution in [0.3, 0.4) is 0 Å². The number of amides is 2. The van der Waals surface area contributed by atoms with E-state index in [9.17, 15) is 14.4 Å². The summed E-state index contributed by atoms with van der Waals surface area (Å²) in [6.07, 6.45) is 3.90. The third-order valence-corrected chi connectivity index (χ3v) is 4.85. The summed E-state index contributed by atoms with van der Waals surface area (Å²) in [5.74, 6) is -1.36. The minimum atomic E-state index is -0.708. The molecule has 1 atom stereocenters. The van der Waals surface area contributed by atoms with Crippen molar-refractivity contribution < 1.29 is 28.6 Å². The van der Waals surface area contributed by atoms with Gasteiger partial charge in [-0.3, -0.25) is 9.59 Å². The summed E-state index contributed by atoms with van der Waals surface area (Å²) in [5, 5.41) is 0.0564. The predicted octanol–water partition coefficient (Wildman–Crippen LogP) is 2.16. The molecule has 1 aliphatic rings. The molecular weight excluding hydrogens is 388 g/mol. The van der Waals surface area contributed by atoms with E-state index in [2.05, 4.69) is 0 Å². The van der Waals surface area contributed by atoms with Crippen molar-refractivity contribution in [3.63, 3.8) is 0 Å². The Bertz CT molecular complexity index is 739. The largest absolute Gasteiger partial charge is 0.493 e. The first-order valence-corrected chi connectivity index (χ1v) is 9.50. The molecule has 1 aliphatic heterocycles. The number of halogens is 1. The first-order valence-electron chi connectivity index (χ1n) is 9.12. The Balaban J connectivity index is 2.04. The number of hydrogen-bond donors (Lipinski definition) is 1. The van der Waals surface area contributed by atoms with Gasteiger partial charge >= 0.3 is 5.97 Å². The summed E-state index contributed by atoms with van der Waals surface area (Å²) >= 11 is 6.12. The van der Waals surface area contributed by atoms with Crippen molar-refractivity contribution in [3.8, 4) is 11.5 Å². The van der Waals surface area contributed by atoms with Crippen molar-refractivity contribution in [2.24, 2.45) is 5.73 Å². The minimum absolute atomic E-state index is 0.0564. The van der Waals surface area contributed by atoms with Crippen LogP contribution in [0.5, 0.6) is 11.5 Å². The molecule has 1 fully saturated rings. The minimum Gasteiger partial charge on any atom is -0.493 e. The molecule has 0 radical (unpaired) electrons. The lowest BCUT2D eigenvalue weighted by atomic mass is 10.00. The van der Waals surface area contributed by atoms with Crippen molar-refractivity contribution in [3.05, 3.63) is 22.7 Å². The predicted molar refractivity (Wildman–Crippen MR) is 103 cm³/mol. The number of rotatable bonds is 8. The van der Waals surface area contributed by atoms with Crippen LogP contribution in [-0.4, -0.2) is 55.6 Å². The number of primary amides is 1. The Labute approximate surface area is 168 Å². The first kappa shape index (κ1) is 21.8. The fourth-order valence-corrected chi connectivity index (χ4v) is 3.43. The van der Waals surface area contributed by atoms with E-state index in [1.54, 1.807) is 4.90 Å². The fourth-order valence-electron chi connectivity index (χ4n) is 3.17. The molecule has 1 unspecified atom stereocenters. The lowest BCUT2D eigenvalue weighted by Crippen LogP contribution is -2.45. The molecule has 154 valence electrons. The molecule has 0 saturated carbocycles. The van der Waals surface area contributed by atoms with E-state index in [4.69, 9.17) is 31.5 Å². The highest BCUT2D eigenvalue weighted by atomic mass is 35.5. The Morgan fingerprint density at radius 2 is 2.00 bits per heavy atom. The van der Waals surface area contributed by atoms with Gasteiger partial charge in [0.1, 0.15) is 0 Å². The van der Waals surface area contributed by atoms with Crippen LogP contribution in [0.15, 0.2) is 12.1 Å². The van der Waals surface area contributed by atoms with Crippen LogP contribution in [0.1, 0.15) is 43.0 Å². The number of carbonyl (C=O) groups excluding carboxylic acids is 3. The molecule has 1 aromatic rings. The smallest absolute Gasteiger partial charge is 0.338 e. The van der Waals surface area contributed by atoms with Crippen molar-refractivity contribution in [1.29, 1.82) is 0 Å². The number of esters is 1. The normalized spacial score (nSPS) is 16.4. The topological polar surface area (TPSA) is 108 Å². The van der Waals surface area contributed by atoms with Gasteiger partial charge in [-0.15, -0.1) is 0 Å². The number of hydrogen-bond acceptors (Lipinski definition) is 6. The van der Waals surface area contributed by atoms with Crippen LogP contribution < -0.4 is 15.2 Å². The lowest BCUT2D eigenvalue weighted by Gasteiger charge is -2.35. The number of piperidine rings is 1. The van der Waals surface area contributed by atoms with E-state index in [0.717, 1.165) is 25.7 Å². The Kier molecular flexibility index (Phi) is 7.92. The van der Waals surface area contributed by atoms with Gasteiger partial charge < -0.3 is 24.8 Å². The summed E-state index contributed by atoms with van der Waals surface area (Å²) in [6.45, 7) is 2.00. The molecule has 28 heavy (non-hydrogen) atoms. The highest BCUT2D eigenvalue weighted by Crippen LogP contribution is 2.36. The van der Waals surface area contributed by atoms with Gasteiger partial charge in [0.25, 0.3) is 11.8 Å². The van der Waals surface area contributed by atoms with Gasteiger partial charge in [0.15, 0.2) is 24.7 Å². The van der Waals surface area contributed by atoms with Crippen molar-refractivity contribution in [2.45, 2.75) is 38.6 Å². The fraction of sp³-hybridized carbons (Fsp3) is 0.526. The van der Waals surface area contributed by atoms with Gasteiger partial charge in [0.2, 0.25) is 0 Å². The van der Waals surface area contributed by atoms with E-state index >= 15 is 0 Å². The number of likely N-dealkylation sites (tertiary alicyclic amines) is 1. The average Bonchev–Trinajstić information content (AvgIpc) is 2.69. The molecule has 2 N–H and O–H groups in total. The standard InChI is InChI=1S/C19H25ClN2O6/c1-3-13-6-4-5-7-22(13)17(24)11-28-19(25)12-8-14(20)18(15(9-12)26-2)27-10-16(21)23/h8-9,13H,3-7,10-11H2,1-2H3,(H2,21,23). The number of ether oxygens (including phenoxy) is 3. The number of benzene rings is 1. The van der Waals surface area contributed by atoms with E-state index in [1.165, 1.54) is 19.2 Å². The maximum Gasteiger partial charge on any atom is 0.338 e. The van der Waals surface area contributed by atoms with Crippen LogP contribution in [0.4, 0.5) is 0 Å². The SMILES string of the molecule is CCC1CCCCN1C(=O)COC(=O)c1cc(Cl)c(OCC(N)=O)c(OC)c1. The van der Waals surface area contributed by atoms with E-state index in [1.807, 2.05) is 6.92 Å². The van der Waals surface area contributed by atoms with Crippen LogP contribution in [0.2, 0.25) is 5.02 Å². The molecule has 1 aromatic carbocycles. The summed E-state index contributed by atoms with van der Waals surface area (Å²) in [6, 6.07) is 2.88. The van der Waals surface area contributed by atoms with Gasteiger partial charge in [-0.05, 0) is 37.8 Å². The summed E-state index contributed by atoms with van der Waals surface area (Å²) in [5.41, 5.74) is 5.15. The van der Waals surface area contributed by atoms with Crippen molar-refractivity contribution >= 4 is 29.4 Å². The van der Waals surface area contributed by atoms with Crippen LogP contribution in [-0.2, 0) is 14.3 Å². The van der Waals surface area contributed by atoms with Crippen LogP contribution in [0.25, 0.3) is 0 Å².